The average molecular weight is 493 g/mol. The second-order valence-electron chi connectivity index (χ2n) is 7.23. The number of carbonyl (C=O) groups is 2. The lowest BCUT2D eigenvalue weighted by atomic mass is 10.1. The Morgan fingerprint density at radius 1 is 0.625 bits per heavy atom. The molecule has 4 aromatic heterocycles. The fraction of sp³-hybridized carbons (Fsp3) is 0. The molecule has 0 atom stereocenters. The van der Waals surface area contributed by atoms with Crippen molar-refractivity contribution in [1.82, 2.24) is 0 Å². The standard InChI is InChI=1S/C24H12O4S4/c25-23(26)17-19(13-3-1-11-5-7-29-15(11)9-13)31-22-18(24(27)28)20(32-21(17)22)14-4-2-12-6-8-30-16(12)10-14/h1-10H,(H,25,26)(H,27,28). The van der Waals surface area contributed by atoms with Crippen LogP contribution in [-0.2, 0) is 0 Å². The fourth-order valence-corrected chi connectivity index (χ4v) is 8.41. The highest BCUT2D eigenvalue weighted by Crippen LogP contribution is 2.49. The zero-order valence-corrected chi connectivity index (χ0v) is 19.4. The minimum Gasteiger partial charge on any atom is -0.478 e. The van der Waals surface area contributed by atoms with E-state index in [0.29, 0.717) is 19.2 Å². The summed E-state index contributed by atoms with van der Waals surface area (Å²) in [5.41, 5.74) is 1.95. The van der Waals surface area contributed by atoms with Crippen molar-refractivity contribution in [1.29, 1.82) is 0 Å². The van der Waals surface area contributed by atoms with Crippen molar-refractivity contribution in [3.05, 3.63) is 70.4 Å². The molecule has 0 spiro atoms. The molecule has 0 saturated heterocycles. The van der Waals surface area contributed by atoms with Crippen LogP contribution in [0.3, 0.4) is 0 Å². The lowest BCUT2D eigenvalue weighted by molar-refractivity contribution is 0.0688. The van der Waals surface area contributed by atoms with Crippen LogP contribution in [0.1, 0.15) is 20.7 Å². The average Bonchev–Trinajstić information content (AvgIpc) is 3.53. The Kier molecular flexibility index (Phi) is 4.44. The Morgan fingerprint density at radius 2 is 1.06 bits per heavy atom. The van der Waals surface area contributed by atoms with Gasteiger partial charge in [0.1, 0.15) is 0 Å². The molecule has 0 aliphatic heterocycles. The molecule has 0 aliphatic rings. The van der Waals surface area contributed by atoms with Gasteiger partial charge in [0.25, 0.3) is 0 Å². The minimum absolute atomic E-state index is 0.178. The fourth-order valence-electron chi connectivity index (χ4n) is 3.92. The molecule has 4 nitrogen and oxygen atoms in total. The molecule has 0 aliphatic carbocycles. The van der Waals surface area contributed by atoms with Gasteiger partial charge in [0, 0.05) is 9.40 Å². The van der Waals surface area contributed by atoms with E-state index < -0.39 is 11.9 Å². The van der Waals surface area contributed by atoms with Crippen molar-refractivity contribution >= 4 is 86.9 Å². The normalized spacial score (nSPS) is 11.6. The SMILES string of the molecule is O=C(O)c1c(-c2ccc3ccsc3c2)sc2c(C(=O)O)c(-c3ccc4ccsc4c3)sc12. The number of hydrogen-bond donors (Lipinski definition) is 2. The van der Waals surface area contributed by atoms with Gasteiger partial charge in [-0.05, 0) is 56.9 Å². The van der Waals surface area contributed by atoms with E-state index in [-0.39, 0.29) is 11.1 Å². The summed E-state index contributed by atoms with van der Waals surface area (Å²) in [7, 11) is 0. The first kappa shape index (κ1) is 19.6. The Balaban J connectivity index is 1.63. The van der Waals surface area contributed by atoms with Crippen LogP contribution in [0.4, 0.5) is 0 Å². The highest BCUT2D eigenvalue weighted by atomic mass is 32.1. The van der Waals surface area contributed by atoms with Gasteiger partial charge in [0.2, 0.25) is 0 Å². The van der Waals surface area contributed by atoms with Crippen LogP contribution in [0.15, 0.2) is 59.3 Å². The molecular weight excluding hydrogens is 481 g/mol. The van der Waals surface area contributed by atoms with Gasteiger partial charge in [-0.25, -0.2) is 9.59 Å². The molecule has 2 N–H and O–H groups in total. The Bertz CT molecular complexity index is 1570. The molecule has 0 unspecified atom stereocenters. The number of thiophene rings is 4. The Hall–Kier alpha value is -3.04. The van der Waals surface area contributed by atoms with Crippen LogP contribution in [0.5, 0.6) is 0 Å². The number of hydrogen-bond acceptors (Lipinski definition) is 6. The summed E-state index contributed by atoms with van der Waals surface area (Å²) in [6, 6.07) is 15.8. The molecule has 2 aromatic carbocycles. The maximum absolute atomic E-state index is 12.3. The van der Waals surface area contributed by atoms with E-state index in [9.17, 15) is 19.8 Å². The maximum atomic E-state index is 12.3. The van der Waals surface area contributed by atoms with E-state index in [4.69, 9.17) is 0 Å². The predicted molar refractivity (Wildman–Crippen MR) is 135 cm³/mol. The van der Waals surface area contributed by atoms with Gasteiger partial charge in [-0.2, -0.15) is 0 Å². The van der Waals surface area contributed by atoms with Crippen LogP contribution in [0, 0.1) is 0 Å². The molecule has 6 aromatic rings. The third-order valence-corrected chi connectivity index (χ3v) is 9.79. The van der Waals surface area contributed by atoms with Gasteiger partial charge >= 0.3 is 11.9 Å². The van der Waals surface area contributed by atoms with Gasteiger partial charge in [0.05, 0.1) is 30.3 Å². The number of fused-ring (bicyclic) bond motifs is 3. The number of carboxylic acids is 2. The smallest absolute Gasteiger partial charge is 0.338 e. The van der Waals surface area contributed by atoms with E-state index in [1.807, 2.05) is 59.3 Å². The third-order valence-electron chi connectivity index (χ3n) is 5.39. The summed E-state index contributed by atoms with van der Waals surface area (Å²) >= 11 is 5.69. The molecular formula is C24H12O4S4. The second kappa shape index (κ2) is 7.25. The number of benzene rings is 2. The summed E-state index contributed by atoms with van der Waals surface area (Å²) in [5, 5.41) is 26.4. The highest BCUT2D eigenvalue weighted by molar-refractivity contribution is 7.32. The van der Waals surface area contributed by atoms with Crippen molar-refractivity contribution in [2.45, 2.75) is 0 Å². The lowest BCUT2D eigenvalue weighted by Crippen LogP contribution is -1.96. The summed E-state index contributed by atoms with van der Waals surface area (Å²) < 4.78 is 3.17. The first-order valence-corrected chi connectivity index (χ1v) is 12.9. The summed E-state index contributed by atoms with van der Waals surface area (Å²) in [5.74, 6) is -2.09. The molecule has 0 bridgehead atoms. The zero-order chi connectivity index (χ0) is 22.0. The van der Waals surface area contributed by atoms with Crippen molar-refractivity contribution < 1.29 is 19.8 Å². The van der Waals surface area contributed by atoms with E-state index >= 15 is 0 Å². The van der Waals surface area contributed by atoms with Crippen LogP contribution >= 0.6 is 45.3 Å². The van der Waals surface area contributed by atoms with Crippen LogP contribution in [0.2, 0.25) is 0 Å². The summed E-state index contributed by atoms with van der Waals surface area (Å²) in [6.07, 6.45) is 0. The van der Waals surface area contributed by atoms with Crippen molar-refractivity contribution in [3.8, 4) is 20.9 Å². The molecule has 32 heavy (non-hydrogen) atoms. The summed E-state index contributed by atoms with van der Waals surface area (Å²) in [4.78, 5) is 25.8. The monoisotopic (exact) mass is 492 g/mol. The van der Waals surface area contributed by atoms with Gasteiger partial charge in [-0.15, -0.1) is 45.3 Å². The minimum atomic E-state index is -1.05. The van der Waals surface area contributed by atoms with Gasteiger partial charge in [-0.1, -0.05) is 24.3 Å². The van der Waals surface area contributed by atoms with E-state index in [1.54, 1.807) is 22.7 Å². The first-order chi connectivity index (χ1) is 15.5. The van der Waals surface area contributed by atoms with Gasteiger partial charge in [0.15, 0.2) is 0 Å². The number of rotatable bonds is 4. The first-order valence-electron chi connectivity index (χ1n) is 9.52. The summed E-state index contributed by atoms with van der Waals surface area (Å²) in [6.45, 7) is 0. The third kappa shape index (κ3) is 2.91. The molecule has 0 radical (unpaired) electrons. The van der Waals surface area contributed by atoms with E-state index in [1.165, 1.54) is 22.7 Å². The van der Waals surface area contributed by atoms with Crippen LogP contribution < -0.4 is 0 Å². The lowest BCUT2D eigenvalue weighted by Gasteiger charge is -2.03. The van der Waals surface area contributed by atoms with Crippen LogP contribution in [0.25, 0.3) is 50.5 Å². The quantitative estimate of drug-likeness (QED) is 0.260. The van der Waals surface area contributed by atoms with E-state index in [2.05, 4.69) is 0 Å². The zero-order valence-electron chi connectivity index (χ0n) is 16.1. The largest absolute Gasteiger partial charge is 0.478 e. The van der Waals surface area contributed by atoms with Crippen LogP contribution in [-0.4, -0.2) is 22.2 Å². The van der Waals surface area contributed by atoms with Crippen molar-refractivity contribution in [3.63, 3.8) is 0 Å². The Morgan fingerprint density at radius 3 is 1.47 bits per heavy atom. The van der Waals surface area contributed by atoms with Gasteiger partial charge in [-0.3, -0.25) is 0 Å². The topological polar surface area (TPSA) is 74.6 Å². The number of aromatic carboxylic acids is 2. The van der Waals surface area contributed by atoms with E-state index in [0.717, 1.165) is 31.3 Å². The molecule has 4 heterocycles. The van der Waals surface area contributed by atoms with Crippen molar-refractivity contribution in [2.24, 2.45) is 0 Å². The van der Waals surface area contributed by atoms with Gasteiger partial charge < -0.3 is 10.2 Å². The molecule has 8 heteroatoms. The van der Waals surface area contributed by atoms with Crippen molar-refractivity contribution in [2.75, 3.05) is 0 Å². The molecule has 156 valence electrons. The second-order valence-corrected chi connectivity index (χ2v) is 11.2. The highest BCUT2D eigenvalue weighted by Gasteiger charge is 2.29. The molecule has 6 rings (SSSR count). The number of carboxylic acid groups (broad SMARTS) is 2. The molecule has 0 saturated carbocycles. The maximum Gasteiger partial charge on any atom is 0.338 e. The predicted octanol–water partition coefficient (Wildman–Crippen LogP) is 8.12. The molecule has 0 fully saturated rings. The Labute approximate surface area is 197 Å². The molecule has 0 amide bonds.